The molecule has 0 fully saturated rings. The maximum absolute atomic E-state index is 12.4. The predicted octanol–water partition coefficient (Wildman–Crippen LogP) is 23.3. The lowest BCUT2D eigenvalue weighted by Crippen LogP contribution is -2.28. The number of carbonyl (C=O) groups excluding carboxylic acids is 2. The van der Waals surface area contributed by atoms with Crippen molar-refractivity contribution in [3.8, 4) is 0 Å². The van der Waals surface area contributed by atoms with Gasteiger partial charge in [0.05, 0.1) is 6.61 Å². The van der Waals surface area contributed by atoms with E-state index in [4.69, 9.17) is 9.47 Å². The molecular formula is C71H130O5. The zero-order valence-corrected chi connectivity index (χ0v) is 51.0. The molecule has 5 nitrogen and oxygen atoms in total. The maximum Gasteiger partial charge on any atom is 0.306 e. The zero-order valence-electron chi connectivity index (χ0n) is 51.0. The number of carbonyl (C=O) groups is 2. The van der Waals surface area contributed by atoms with Gasteiger partial charge in [0, 0.05) is 12.8 Å². The molecular weight excluding hydrogens is 933 g/mol. The minimum Gasteiger partial charge on any atom is -0.462 e. The first kappa shape index (κ1) is 73.6. The number of aliphatic hydroxyl groups is 1. The molecule has 5 heteroatoms. The van der Waals surface area contributed by atoms with Gasteiger partial charge < -0.3 is 14.6 Å². The molecule has 1 atom stereocenters. The first-order chi connectivity index (χ1) is 37.6. The molecule has 0 heterocycles. The summed E-state index contributed by atoms with van der Waals surface area (Å²) >= 11 is 0. The van der Waals surface area contributed by atoms with E-state index in [0.717, 1.165) is 64.2 Å². The molecule has 0 saturated heterocycles. The smallest absolute Gasteiger partial charge is 0.306 e. The highest BCUT2D eigenvalue weighted by atomic mass is 16.6. The zero-order chi connectivity index (χ0) is 54.8. The van der Waals surface area contributed by atoms with Crippen molar-refractivity contribution in [1.29, 1.82) is 0 Å². The number of allylic oxidation sites excluding steroid dienone is 10. The number of unbranched alkanes of at least 4 members (excludes halogenated alkanes) is 45. The van der Waals surface area contributed by atoms with Crippen LogP contribution in [-0.4, -0.2) is 36.4 Å². The van der Waals surface area contributed by atoms with Gasteiger partial charge >= 0.3 is 11.9 Å². The van der Waals surface area contributed by atoms with Crippen LogP contribution in [0.15, 0.2) is 60.8 Å². The monoisotopic (exact) mass is 1060 g/mol. The number of hydrogen-bond acceptors (Lipinski definition) is 5. The van der Waals surface area contributed by atoms with E-state index in [1.165, 1.54) is 270 Å². The molecule has 76 heavy (non-hydrogen) atoms. The lowest BCUT2D eigenvalue weighted by atomic mass is 10.0. The Morgan fingerprint density at radius 2 is 0.566 bits per heavy atom. The summed E-state index contributed by atoms with van der Waals surface area (Å²) < 4.78 is 10.8. The van der Waals surface area contributed by atoms with Crippen molar-refractivity contribution < 1.29 is 24.2 Å². The Bertz CT molecular complexity index is 1300. The summed E-state index contributed by atoms with van der Waals surface area (Å²) in [5.41, 5.74) is 0. The molecule has 0 radical (unpaired) electrons. The molecule has 0 amide bonds. The fourth-order valence-corrected chi connectivity index (χ4v) is 10.3. The summed E-state index contributed by atoms with van der Waals surface area (Å²) in [6, 6.07) is 0. The van der Waals surface area contributed by atoms with Crippen molar-refractivity contribution in [3.63, 3.8) is 0 Å². The predicted molar refractivity (Wildman–Crippen MR) is 334 cm³/mol. The third-order valence-electron chi connectivity index (χ3n) is 15.3. The van der Waals surface area contributed by atoms with Crippen molar-refractivity contribution in [2.45, 2.75) is 367 Å². The molecule has 0 aromatic heterocycles. The number of hydrogen-bond donors (Lipinski definition) is 1. The molecule has 0 aliphatic rings. The fraction of sp³-hybridized carbons (Fsp3) is 0.831. The van der Waals surface area contributed by atoms with Gasteiger partial charge in [-0.1, -0.05) is 351 Å². The molecule has 0 aliphatic heterocycles. The summed E-state index contributed by atoms with van der Waals surface area (Å²) in [6.07, 6.45) is 91.1. The van der Waals surface area contributed by atoms with Gasteiger partial charge in [-0.25, -0.2) is 0 Å². The Balaban J connectivity index is 3.41. The van der Waals surface area contributed by atoms with Crippen molar-refractivity contribution in [2.75, 3.05) is 13.2 Å². The Morgan fingerprint density at radius 1 is 0.316 bits per heavy atom. The van der Waals surface area contributed by atoms with E-state index in [1.54, 1.807) is 0 Å². The molecule has 0 aliphatic carbocycles. The number of rotatable bonds is 63. The number of esters is 2. The van der Waals surface area contributed by atoms with Crippen LogP contribution in [-0.2, 0) is 19.1 Å². The van der Waals surface area contributed by atoms with Crippen LogP contribution in [0.1, 0.15) is 361 Å². The Hall–Kier alpha value is -2.40. The Kier molecular flexibility index (Phi) is 64.8. The average molecular weight is 1060 g/mol. The molecule has 1 N–H and O–H groups in total. The normalized spacial score (nSPS) is 12.5. The topological polar surface area (TPSA) is 72.8 Å². The Labute approximate surface area is 474 Å². The second kappa shape index (κ2) is 66.9. The van der Waals surface area contributed by atoms with Crippen molar-refractivity contribution >= 4 is 11.9 Å². The molecule has 0 aromatic rings. The lowest BCUT2D eigenvalue weighted by Gasteiger charge is -2.15. The van der Waals surface area contributed by atoms with Gasteiger partial charge in [-0.3, -0.25) is 9.59 Å². The molecule has 0 saturated carbocycles. The highest BCUT2D eigenvalue weighted by Gasteiger charge is 2.16. The highest BCUT2D eigenvalue weighted by molar-refractivity contribution is 5.70. The molecule has 1 unspecified atom stereocenters. The molecule has 0 bridgehead atoms. The van der Waals surface area contributed by atoms with E-state index < -0.39 is 6.10 Å². The van der Waals surface area contributed by atoms with E-state index in [9.17, 15) is 14.7 Å². The summed E-state index contributed by atoms with van der Waals surface area (Å²) in [6.45, 7) is 4.08. The van der Waals surface area contributed by atoms with Crippen LogP contribution in [0, 0.1) is 0 Å². The van der Waals surface area contributed by atoms with E-state index in [1.807, 2.05) is 0 Å². The van der Waals surface area contributed by atoms with E-state index >= 15 is 0 Å². The standard InChI is InChI=1S/C71H130O5/c1-3-5-7-9-11-13-15-17-19-21-23-25-27-29-31-33-34-35-36-38-39-41-43-45-47-49-51-53-55-57-59-61-63-65-70(73)75-68-69(67-72)76-71(74)66-64-62-60-58-56-54-52-50-48-46-44-42-40-37-32-30-28-26-24-22-20-18-16-14-12-10-8-6-4-2/h6,8,12,14,18,20,24,26,30,32,69,72H,3-5,7,9-11,13,15-17,19,21-23,25,27-29,31,33-68H2,1-2H3/b8-6-,14-12-,20-18-,26-24-,32-30-. The molecule has 0 rings (SSSR count). The summed E-state index contributed by atoms with van der Waals surface area (Å²) in [5.74, 6) is -0.574. The van der Waals surface area contributed by atoms with Crippen LogP contribution in [0.5, 0.6) is 0 Å². The minimum atomic E-state index is -0.774. The van der Waals surface area contributed by atoms with Gasteiger partial charge in [-0.05, 0) is 57.8 Å². The minimum absolute atomic E-state index is 0.0630. The fourth-order valence-electron chi connectivity index (χ4n) is 10.3. The largest absolute Gasteiger partial charge is 0.462 e. The SMILES string of the molecule is CC/C=C\C/C=C\C/C=C\C/C=C\C/C=C\CCCCCCCCCCCCCCCC(=O)OC(CO)COC(=O)CCCCCCCCCCCCCCCCCCCCCCCCCCCCCCCCCCC. The van der Waals surface area contributed by atoms with E-state index in [-0.39, 0.29) is 25.2 Å². The van der Waals surface area contributed by atoms with Crippen LogP contribution in [0.3, 0.4) is 0 Å². The first-order valence-electron chi connectivity index (χ1n) is 33.8. The van der Waals surface area contributed by atoms with Gasteiger partial charge in [0.2, 0.25) is 0 Å². The molecule has 0 aromatic carbocycles. The second-order valence-corrected chi connectivity index (χ2v) is 22.9. The third kappa shape index (κ3) is 64.1. The van der Waals surface area contributed by atoms with Crippen LogP contribution < -0.4 is 0 Å². The van der Waals surface area contributed by atoms with Gasteiger partial charge in [-0.15, -0.1) is 0 Å². The van der Waals surface area contributed by atoms with Crippen molar-refractivity contribution in [2.24, 2.45) is 0 Å². The second-order valence-electron chi connectivity index (χ2n) is 22.9. The van der Waals surface area contributed by atoms with Gasteiger partial charge in [0.1, 0.15) is 6.61 Å². The first-order valence-corrected chi connectivity index (χ1v) is 33.8. The summed E-state index contributed by atoms with van der Waals surface area (Å²) in [7, 11) is 0. The summed E-state index contributed by atoms with van der Waals surface area (Å²) in [5, 5.41) is 9.69. The van der Waals surface area contributed by atoms with Crippen LogP contribution in [0.25, 0.3) is 0 Å². The van der Waals surface area contributed by atoms with Gasteiger partial charge in [-0.2, -0.15) is 0 Å². The van der Waals surface area contributed by atoms with Crippen LogP contribution in [0.2, 0.25) is 0 Å². The van der Waals surface area contributed by atoms with Gasteiger partial charge in [0.25, 0.3) is 0 Å². The molecule has 0 spiro atoms. The van der Waals surface area contributed by atoms with Crippen molar-refractivity contribution in [3.05, 3.63) is 60.8 Å². The van der Waals surface area contributed by atoms with E-state index in [2.05, 4.69) is 74.6 Å². The van der Waals surface area contributed by atoms with E-state index in [0.29, 0.717) is 12.8 Å². The van der Waals surface area contributed by atoms with Crippen molar-refractivity contribution in [1.82, 2.24) is 0 Å². The quantitative estimate of drug-likeness (QED) is 0.0373. The lowest BCUT2D eigenvalue weighted by molar-refractivity contribution is -0.161. The highest BCUT2D eigenvalue weighted by Crippen LogP contribution is 2.19. The summed E-state index contributed by atoms with van der Waals surface area (Å²) in [4.78, 5) is 24.6. The third-order valence-corrected chi connectivity index (χ3v) is 15.3. The molecule has 444 valence electrons. The average Bonchev–Trinajstić information content (AvgIpc) is 3.42. The maximum atomic E-state index is 12.4. The Morgan fingerprint density at radius 3 is 0.855 bits per heavy atom. The number of aliphatic hydroxyl groups excluding tert-OH is 1. The van der Waals surface area contributed by atoms with Crippen LogP contribution >= 0.6 is 0 Å². The van der Waals surface area contributed by atoms with Crippen LogP contribution in [0.4, 0.5) is 0 Å². The van der Waals surface area contributed by atoms with Gasteiger partial charge in [0.15, 0.2) is 6.10 Å². The number of ether oxygens (including phenoxy) is 2.